The third kappa shape index (κ3) is 1.83. The molecule has 0 amide bonds. The predicted molar refractivity (Wildman–Crippen MR) is 76.3 cm³/mol. The molecule has 106 valence electrons. The lowest BCUT2D eigenvalue weighted by Crippen LogP contribution is -2.41. The molecule has 0 spiro atoms. The van der Waals surface area contributed by atoms with E-state index in [2.05, 4.69) is 22.4 Å². The van der Waals surface area contributed by atoms with Crippen molar-refractivity contribution >= 4 is 5.69 Å². The lowest BCUT2D eigenvalue weighted by molar-refractivity contribution is 0.118. The van der Waals surface area contributed by atoms with Crippen molar-refractivity contribution in [2.45, 2.75) is 38.1 Å². The lowest BCUT2D eigenvalue weighted by Gasteiger charge is -2.41. The van der Waals surface area contributed by atoms with E-state index in [1.807, 2.05) is 22.9 Å². The summed E-state index contributed by atoms with van der Waals surface area (Å²) in [5.74, 6) is 1.43. The molecule has 2 N–H and O–H groups in total. The summed E-state index contributed by atoms with van der Waals surface area (Å²) in [5.41, 5.74) is 7.48. The minimum absolute atomic E-state index is 0.0768. The van der Waals surface area contributed by atoms with Crippen molar-refractivity contribution in [1.82, 2.24) is 20.2 Å². The maximum atomic E-state index is 5.86. The summed E-state index contributed by atoms with van der Waals surface area (Å²) in [6, 6.07) is 5.65. The van der Waals surface area contributed by atoms with Crippen molar-refractivity contribution in [3.05, 3.63) is 18.2 Å². The van der Waals surface area contributed by atoms with Gasteiger partial charge in [0, 0.05) is 5.56 Å². The van der Waals surface area contributed by atoms with Gasteiger partial charge in [-0.05, 0) is 54.3 Å². The molecule has 1 saturated carbocycles. The molecule has 0 bridgehead atoms. The maximum Gasteiger partial charge on any atom is 0.182 e. The molecule has 1 fully saturated rings. The summed E-state index contributed by atoms with van der Waals surface area (Å²) in [6.45, 7) is 2.19. The molecular formula is C14H19N5O. The number of aromatic nitrogens is 4. The van der Waals surface area contributed by atoms with Crippen molar-refractivity contribution < 1.29 is 4.74 Å². The zero-order valence-corrected chi connectivity index (χ0v) is 11.8. The van der Waals surface area contributed by atoms with Crippen LogP contribution in [0.15, 0.2) is 18.2 Å². The van der Waals surface area contributed by atoms with E-state index < -0.39 is 0 Å². The third-order valence-corrected chi connectivity index (χ3v) is 4.35. The number of benzene rings is 1. The van der Waals surface area contributed by atoms with Gasteiger partial charge in [0.2, 0.25) is 0 Å². The number of ether oxygens (including phenoxy) is 1. The van der Waals surface area contributed by atoms with Crippen molar-refractivity contribution in [3.63, 3.8) is 0 Å². The Morgan fingerprint density at radius 2 is 2.20 bits per heavy atom. The van der Waals surface area contributed by atoms with Gasteiger partial charge in [-0.15, -0.1) is 5.10 Å². The first-order chi connectivity index (χ1) is 9.70. The Morgan fingerprint density at radius 3 is 2.80 bits per heavy atom. The van der Waals surface area contributed by atoms with Gasteiger partial charge in [-0.3, -0.25) is 0 Å². The van der Waals surface area contributed by atoms with Crippen LogP contribution in [0.5, 0.6) is 5.75 Å². The van der Waals surface area contributed by atoms with E-state index in [-0.39, 0.29) is 5.54 Å². The van der Waals surface area contributed by atoms with Crippen LogP contribution in [0.1, 0.15) is 32.6 Å². The van der Waals surface area contributed by atoms with Crippen LogP contribution in [-0.4, -0.2) is 27.3 Å². The van der Waals surface area contributed by atoms with Crippen molar-refractivity contribution in [3.8, 4) is 17.1 Å². The SMILES string of the molecule is CCC1(n2nnnc2-c2ccc(N)c(OC)c2)CCC1. The fourth-order valence-corrected chi connectivity index (χ4v) is 2.84. The zero-order valence-electron chi connectivity index (χ0n) is 11.8. The molecule has 1 aliphatic carbocycles. The van der Waals surface area contributed by atoms with Crippen molar-refractivity contribution in [1.29, 1.82) is 0 Å². The van der Waals surface area contributed by atoms with E-state index in [4.69, 9.17) is 10.5 Å². The fraction of sp³-hybridized carbons (Fsp3) is 0.500. The maximum absolute atomic E-state index is 5.86. The third-order valence-electron chi connectivity index (χ3n) is 4.35. The highest BCUT2D eigenvalue weighted by molar-refractivity contribution is 5.65. The molecule has 0 saturated heterocycles. The molecule has 20 heavy (non-hydrogen) atoms. The first-order valence-corrected chi connectivity index (χ1v) is 6.93. The molecule has 0 radical (unpaired) electrons. The summed E-state index contributed by atoms with van der Waals surface area (Å²) >= 11 is 0. The molecule has 1 heterocycles. The second-order valence-electron chi connectivity index (χ2n) is 5.30. The van der Waals surface area contributed by atoms with E-state index in [9.17, 15) is 0 Å². The van der Waals surface area contributed by atoms with Crippen LogP contribution >= 0.6 is 0 Å². The van der Waals surface area contributed by atoms with Gasteiger partial charge in [0.15, 0.2) is 5.82 Å². The van der Waals surface area contributed by atoms with Gasteiger partial charge in [0.05, 0.1) is 18.3 Å². The Balaban J connectivity index is 2.05. The summed E-state index contributed by atoms with van der Waals surface area (Å²) in [6.07, 6.45) is 4.54. The summed E-state index contributed by atoms with van der Waals surface area (Å²) < 4.78 is 7.25. The topological polar surface area (TPSA) is 78.9 Å². The van der Waals surface area contributed by atoms with Gasteiger partial charge in [0.25, 0.3) is 0 Å². The Labute approximate surface area is 117 Å². The molecule has 1 aliphatic rings. The number of nitrogens with zero attached hydrogens (tertiary/aromatic N) is 4. The van der Waals surface area contributed by atoms with Crippen LogP contribution in [0.2, 0.25) is 0 Å². The van der Waals surface area contributed by atoms with Crippen LogP contribution in [0.4, 0.5) is 5.69 Å². The molecule has 0 aliphatic heterocycles. The minimum Gasteiger partial charge on any atom is -0.495 e. The largest absolute Gasteiger partial charge is 0.495 e. The van der Waals surface area contributed by atoms with Crippen LogP contribution in [-0.2, 0) is 5.54 Å². The van der Waals surface area contributed by atoms with Gasteiger partial charge < -0.3 is 10.5 Å². The van der Waals surface area contributed by atoms with E-state index >= 15 is 0 Å². The average molecular weight is 273 g/mol. The van der Waals surface area contributed by atoms with Gasteiger partial charge in [-0.25, -0.2) is 4.68 Å². The highest BCUT2D eigenvalue weighted by atomic mass is 16.5. The number of anilines is 1. The summed E-state index contributed by atoms with van der Waals surface area (Å²) in [4.78, 5) is 0. The molecular weight excluding hydrogens is 254 g/mol. The second-order valence-corrected chi connectivity index (χ2v) is 5.30. The predicted octanol–water partition coefficient (Wildman–Crippen LogP) is 2.22. The quantitative estimate of drug-likeness (QED) is 0.864. The normalized spacial score (nSPS) is 16.7. The highest BCUT2D eigenvalue weighted by Crippen LogP contribution is 2.43. The Kier molecular flexibility index (Phi) is 3.08. The number of nitrogens with two attached hydrogens (primary N) is 1. The number of hydrogen-bond acceptors (Lipinski definition) is 5. The van der Waals surface area contributed by atoms with Gasteiger partial charge in [-0.2, -0.15) is 0 Å². The van der Waals surface area contributed by atoms with Crippen molar-refractivity contribution in [2.75, 3.05) is 12.8 Å². The molecule has 0 atom stereocenters. The summed E-state index contributed by atoms with van der Waals surface area (Å²) in [5, 5.41) is 12.3. The van der Waals surface area contributed by atoms with Gasteiger partial charge in [-0.1, -0.05) is 6.92 Å². The summed E-state index contributed by atoms with van der Waals surface area (Å²) in [7, 11) is 1.61. The molecule has 1 aromatic carbocycles. The number of nitrogen functional groups attached to an aromatic ring is 1. The molecule has 0 unspecified atom stereocenters. The van der Waals surface area contributed by atoms with Crippen LogP contribution < -0.4 is 10.5 Å². The Morgan fingerprint density at radius 1 is 1.40 bits per heavy atom. The first-order valence-electron chi connectivity index (χ1n) is 6.93. The van der Waals surface area contributed by atoms with E-state index in [0.29, 0.717) is 11.4 Å². The van der Waals surface area contributed by atoms with Crippen LogP contribution in [0.25, 0.3) is 11.4 Å². The highest BCUT2D eigenvalue weighted by Gasteiger charge is 2.40. The molecule has 1 aromatic heterocycles. The Hall–Kier alpha value is -2.11. The molecule has 3 rings (SSSR count). The van der Waals surface area contributed by atoms with Crippen molar-refractivity contribution in [2.24, 2.45) is 0 Å². The number of methoxy groups -OCH3 is 1. The van der Waals surface area contributed by atoms with Gasteiger partial charge in [0.1, 0.15) is 5.75 Å². The molecule has 2 aromatic rings. The Bertz CT molecular complexity index is 612. The number of hydrogen-bond donors (Lipinski definition) is 1. The second kappa shape index (κ2) is 4.77. The number of rotatable bonds is 4. The van der Waals surface area contributed by atoms with Crippen LogP contribution in [0, 0.1) is 0 Å². The average Bonchev–Trinajstić information content (AvgIpc) is 2.88. The van der Waals surface area contributed by atoms with E-state index in [0.717, 1.165) is 30.7 Å². The zero-order chi connectivity index (χ0) is 14.2. The minimum atomic E-state index is 0.0768. The van der Waals surface area contributed by atoms with Crippen LogP contribution in [0.3, 0.4) is 0 Å². The smallest absolute Gasteiger partial charge is 0.182 e. The van der Waals surface area contributed by atoms with E-state index in [1.165, 1.54) is 6.42 Å². The standard InChI is InChI=1S/C14H19N5O/c1-3-14(7-4-8-14)19-13(16-17-18-19)10-5-6-11(15)12(9-10)20-2/h5-6,9H,3-4,7-8,15H2,1-2H3. The van der Waals surface area contributed by atoms with Gasteiger partial charge >= 0.3 is 0 Å². The lowest BCUT2D eigenvalue weighted by atomic mass is 9.75. The molecule has 6 heteroatoms. The van der Waals surface area contributed by atoms with E-state index in [1.54, 1.807) is 7.11 Å². The molecule has 6 nitrogen and oxygen atoms in total. The first kappa shape index (κ1) is 12.9. The fourth-order valence-electron chi connectivity index (χ4n) is 2.84. The monoisotopic (exact) mass is 273 g/mol. The number of tetrazole rings is 1.